The molecule has 1 aliphatic rings. The van der Waals surface area contributed by atoms with Crippen molar-refractivity contribution in [3.05, 3.63) is 27.2 Å². The van der Waals surface area contributed by atoms with Crippen LogP contribution in [0.5, 0.6) is 0 Å². The maximum absolute atomic E-state index is 12.2. The summed E-state index contributed by atoms with van der Waals surface area (Å²) in [7, 11) is 0. The molecule has 1 aliphatic heterocycles. The normalized spacial score (nSPS) is 15.2. The molecule has 0 aliphatic carbocycles. The topological polar surface area (TPSA) is 61.9 Å². The summed E-state index contributed by atoms with van der Waals surface area (Å²) in [5, 5.41) is 3.67. The third kappa shape index (κ3) is 5.14. The van der Waals surface area contributed by atoms with Crippen molar-refractivity contribution in [2.24, 2.45) is 0 Å². The highest BCUT2D eigenvalue weighted by atomic mass is 35.5. The van der Waals surface area contributed by atoms with Crippen LogP contribution in [0.1, 0.15) is 6.92 Å². The first-order chi connectivity index (χ1) is 11.4. The van der Waals surface area contributed by atoms with Crippen LogP contribution in [0.15, 0.2) is 12.1 Å². The highest BCUT2D eigenvalue weighted by Gasteiger charge is 2.23. The van der Waals surface area contributed by atoms with Gasteiger partial charge in [0.15, 0.2) is 0 Å². The summed E-state index contributed by atoms with van der Waals surface area (Å²) < 4.78 is 4.96. The highest BCUT2D eigenvalue weighted by molar-refractivity contribution is 6.42. The van der Waals surface area contributed by atoms with E-state index < -0.39 is 0 Å². The fraction of sp³-hybridized carbons (Fsp3) is 0.467. The molecule has 1 saturated heterocycles. The largest absolute Gasteiger partial charge is 0.450 e. The van der Waals surface area contributed by atoms with Gasteiger partial charge in [-0.25, -0.2) is 4.79 Å². The monoisotopic (exact) mass is 393 g/mol. The molecule has 0 unspecified atom stereocenters. The Bertz CT molecular complexity index is 596. The van der Waals surface area contributed by atoms with E-state index in [-0.39, 0.29) is 28.6 Å². The molecule has 6 nitrogen and oxygen atoms in total. The average Bonchev–Trinajstić information content (AvgIpc) is 2.52. The van der Waals surface area contributed by atoms with E-state index in [1.165, 1.54) is 12.1 Å². The third-order valence-corrected chi connectivity index (χ3v) is 4.35. The Labute approximate surface area is 155 Å². The Balaban J connectivity index is 1.85. The molecule has 2 rings (SSSR count). The number of anilines is 1. The van der Waals surface area contributed by atoms with Crippen molar-refractivity contribution in [3.63, 3.8) is 0 Å². The Morgan fingerprint density at radius 2 is 1.71 bits per heavy atom. The van der Waals surface area contributed by atoms with Gasteiger partial charge in [-0.1, -0.05) is 34.8 Å². The molecule has 0 atom stereocenters. The fourth-order valence-corrected chi connectivity index (χ4v) is 3.26. The van der Waals surface area contributed by atoms with Crippen molar-refractivity contribution in [1.29, 1.82) is 0 Å². The van der Waals surface area contributed by atoms with Crippen molar-refractivity contribution in [2.45, 2.75) is 6.92 Å². The summed E-state index contributed by atoms with van der Waals surface area (Å²) in [4.78, 5) is 27.4. The van der Waals surface area contributed by atoms with E-state index in [9.17, 15) is 9.59 Å². The van der Waals surface area contributed by atoms with Gasteiger partial charge in [0.2, 0.25) is 5.91 Å². The molecule has 2 amide bonds. The van der Waals surface area contributed by atoms with Gasteiger partial charge in [-0.05, 0) is 19.1 Å². The van der Waals surface area contributed by atoms with Gasteiger partial charge in [0.25, 0.3) is 0 Å². The molecule has 1 aromatic carbocycles. The first-order valence-electron chi connectivity index (χ1n) is 7.49. The zero-order valence-corrected chi connectivity index (χ0v) is 15.4. The average molecular weight is 395 g/mol. The summed E-state index contributed by atoms with van der Waals surface area (Å²) in [6.45, 7) is 4.54. The number of ether oxygens (including phenoxy) is 1. The van der Waals surface area contributed by atoms with Gasteiger partial charge >= 0.3 is 6.09 Å². The molecule has 24 heavy (non-hydrogen) atoms. The van der Waals surface area contributed by atoms with Crippen molar-refractivity contribution in [1.82, 2.24) is 9.80 Å². The number of hydrogen-bond donors (Lipinski definition) is 1. The molecule has 1 aromatic rings. The van der Waals surface area contributed by atoms with Crippen LogP contribution < -0.4 is 5.32 Å². The molecule has 1 N–H and O–H groups in total. The van der Waals surface area contributed by atoms with E-state index in [1.807, 2.05) is 4.90 Å². The molecule has 9 heteroatoms. The predicted molar refractivity (Wildman–Crippen MR) is 95.1 cm³/mol. The maximum Gasteiger partial charge on any atom is 0.409 e. The lowest BCUT2D eigenvalue weighted by molar-refractivity contribution is -0.117. The molecule has 1 fully saturated rings. The lowest BCUT2D eigenvalue weighted by Gasteiger charge is -2.33. The van der Waals surface area contributed by atoms with Gasteiger partial charge in [0.1, 0.15) is 0 Å². The number of amides is 2. The number of hydrogen-bond acceptors (Lipinski definition) is 4. The molecule has 0 aromatic heterocycles. The Hall–Kier alpha value is -1.21. The molecule has 0 radical (unpaired) electrons. The molecular weight excluding hydrogens is 377 g/mol. The quantitative estimate of drug-likeness (QED) is 0.850. The van der Waals surface area contributed by atoms with Gasteiger partial charge in [-0.3, -0.25) is 9.69 Å². The van der Waals surface area contributed by atoms with Crippen LogP contribution in [0.25, 0.3) is 0 Å². The highest BCUT2D eigenvalue weighted by Crippen LogP contribution is 2.33. The van der Waals surface area contributed by atoms with E-state index in [1.54, 1.807) is 11.8 Å². The number of nitrogens with zero attached hydrogens (tertiary/aromatic N) is 2. The van der Waals surface area contributed by atoms with Gasteiger partial charge in [-0.15, -0.1) is 0 Å². The maximum atomic E-state index is 12.2. The Morgan fingerprint density at radius 1 is 1.12 bits per heavy atom. The predicted octanol–water partition coefficient (Wildman–Crippen LogP) is 3.36. The lowest BCUT2D eigenvalue weighted by Crippen LogP contribution is -2.50. The van der Waals surface area contributed by atoms with Crippen molar-refractivity contribution >= 4 is 52.5 Å². The zero-order chi connectivity index (χ0) is 17.7. The summed E-state index contributed by atoms with van der Waals surface area (Å²) >= 11 is 17.9. The summed E-state index contributed by atoms with van der Waals surface area (Å²) in [5.74, 6) is -0.231. The zero-order valence-electron chi connectivity index (χ0n) is 13.2. The smallest absolute Gasteiger partial charge is 0.409 e. The van der Waals surface area contributed by atoms with Gasteiger partial charge in [-0.2, -0.15) is 0 Å². The summed E-state index contributed by atoms with van der Waals surface area (Å²) in [6.07, 6.45) is -0.318. The molecule has 0 spiro atoms. The van der Waals surface area contributed by atoms with Crippen LogP contribution in [0.4, 0.5) is 10.5 Å². The van der Waals surface area contributed by atoms with E-state index >= 15 is 0 Å². The van der Waals surface area contributed by atoms with Gasteiger partial charge in [0.05, 0.1) is 28.9 Å². The van der Waals surface area contributed by atoms with Crippen LogP contribution in [0, 0.1) is 0 Å². The SMILES string of the molecule is CCOC(=O)N1CCN(CC(=O)Nc2c(Cl)cc(Cl)cc2Cl)CC1. The standard InChI is InChI=1S/C15H18Cl3N3O3/c1-2-24-15(23)21-5-3-20(4-6-21)9-13(22)19-14-11(17)7-10(16)8-12(14)18/h7-8H,2-6,9H2,1H3,(H,19,22). The number of benzene rings is 1. The first-order valence-corrected chi connectivity index (χ1v) is 8.62. The lowest BCUT2D eigenvalue weighted by atomic mass is 10.3. The minimum atomic E-state index is -0.318. The van der Waals surface area contributed by atoms with Crippen molar-refractivity contribution < 1.29 is 14.3 Å². The van der Waals surface area contributed by atoms with Crippen LogP contribution >= 0.6 is 34.8 Å². The first kappa shape index (κ1) is 19.1. The number of rotatable bonds is 4. The van der Waals surface area contributed by atoms with Crippen molar-refractivity contribution in [3.8, 4) is 0 Å². The minimum Gasteiger partial charge on any atom is -0.450 e. The second kappa shape index (κ2) is 8.76. The summed E-state index contributed by atoms with van der Waals surface area (Å²) in [6, 6.07) is 3.03. The molecule has 132 valence electrons. The number of halogens is 3. The van der Waals surface area contributed by atoms with Gasteiger partial charge in [0, 0.05) is 31.2 Å². The second-order valence-corrected chi connectivity index (χ2v) is 6.51. The number of carbonyl (C=O) groups is 2. The van der Waals surface area contributed by atoms with E-state index in [0.29, 0.717) is 43.5 Å². The fourth-order valence-electron chi connectivity index (χ4n) is 2.35. The van der Waals surface area contributed by atoms with Gasteiger partial charge < -0.3 is 15.0 Å². The van der Waals surface area contributed by atoms with E-state index in [4.69, 9.17) is 39.5 Å². The summed E-state index contributed by atoms with van der Waals surface area (Å²) in [5.41, 5.74) is 0.345. The van der Waals surface area contributed by atoms with E-state index in [0.717, 1.165) is 0 Å². The minimum absolute atomic E-state index is 0.186. The van der Waals surface area contributed by atoms with Crippen LogP contribution in [-0.4, -0.2) is 61.1 Å². The van der Waals surface area contributed by atoms with Crippen LogP contribution in [0.3, 0.4) is 0 Å². The van der Waals surface area contributed by atoms with Crippen molar-refractivity contribution in [2.75, 3.05) is 44.6 Å². The number of piperazine rings is 1. The van der Waals surface area contributed by atoms with Crippen LogP contribution in [-0.2, 0) is 9.53 Å². The Kier molecular flexibility index (Phi) is 6.98. The second-order valence-electron chi connectivity index (χ2n) is 5.25. The third-order valence-electron chi connectivity index (χ3n) is 3.54. The molecule has 0 saturated carbocycles. The van der Waals surface area contributed by atoms with E-state index in [2.05, 4.69) is 5.32 Å². The number of nitrogens with one attached hydrogen (secondary N) is 1. The Morgan fingerprint density at radius 3 is 2.25 bits per heavy atom. The number of carbonyl (C=O) groups excluding carboxylic acids is 2. The molecule has 0 bridgehead atoms. The van der Waals surface area contributed by atoms with Crippen LogP contribution in [0.2, 0.25) is 15.1 Å². The molecule has 1 heterocycles. The molecular formula is C15H18Cl3N3O3.